The molecule has 1 aliphatic heterocycles. The van der Waals surface area contributed by atoms with Crippen molar-refractivity contribution < 1.29 is 4.74 Å². The fraction of sp³-hybridized carbons (Fsp3) is 0.944. The molecule has 144 valence electrons. The fourth-order valence-electron chi connectivity index (χ4n) is 2.91. The molecule has 0 saturated carbocycles. The van der Waals surface area contributed by atoms with E-state index in [9.17, 15) is 0 Å². The molecule has 0 bridgehead atoms. The van der Waals surface area contributed by atoms with E-state index in [1.807, 2.05) is 11.8 Å². The van der Waals surface area contributed by atoms with Gasteiger partial charge in [0.1, 0.15) is 0 Å². The van der Waals surface area contributed by atoms with Crippen molar-refractivity contribution in [2.24, 2.45) is 16.3 Å². The highest BCUT2D eigenvalue weighted by Gasteiger charge is 2.35. The number of hydrogen-bond donors (Lipinski definition) is 2. The van der Waals surface area contributed by atoms with E-state index in [0.29, 0.717) is 12.0 Å². The molecule has 0 amide bonds. The minimum atomic E-state index is 0. The number of aliphatic imine (C=N–C) groups is 1. The van der Waals surface area contributed by atoms with Crippen LogP contribution in [0, 0.1) is 11.3 Å². The molecule has 24 heavy (non-hydrogen) atoms. The third-order valence-corrected chi connectivity index (χ3v) is 5.58. The molecule has 1 heterocycles. The molecule has 2 unspecified atom stereocenters. The minimum Gasteiger partial charge on any atom is -0.377 e. The van der Waals surface area contributed by atoms with Gasteiger partial charge in [-0.1, -0.05) is 20.8 Å². The number of hydrogen-bond acceptors (Lipinski definition) is 3. The highest BCUT2D eigenvalue weighted by molar-refractivity contribution is 14.0. The van der Waals surface area contributed by atoms with Gasteiger partial charge in [-0.05, 0) is 45.3 Å². The second-order valence-electron chi connectivity index (χ2n) is 8.10. The van der Waals surface area contributed by atoms with Gasteiger partial charge in [0, 0.05) is 30.4 Å². The molecule has 0 spiro atoms. The first-order valence-electron chi connectivity index (χ1n) is 8.88. The first-order chi connectivity index (χ1) is 10.7. The maximum atomic E-state index is 6.08. The Kier molecular flexibility index (Phi) is 11.3. The number of ether oxygens (including phenoxy) is 1. The summed E-state index contributed by atoms with van der Waals surface area (Å²) in [6, 6.07) is 0. The van der Waals surface area contributed by atoms with Crippen molar-refractivity contribution in [3.05, 3.63) is 0 Å². The Morgan fingerprint density at radius 2 is 1.88 bits per heavy atom. The lowest BCUT2D eigenvalue weighted by molar-refractivity contribution is -0.0835. The Labute approximate surface area is 170 Å². The summed E-state index contributed by atoms with van der Waals surface area (Å²) in [4.78, 5) is 4.76. The molecule has 2 N–H and O–H groups in total. The maximum absolute atomic E-state index is 6.08. The van der Waals surface area contributed by atoms with Crippen molar-refractivity contribution in [1.29, 1.82) is 0 Å². The maximum Gasteiger partial charge on any atom is 0.191 e. The van der Waals surface area contributed by atoms with Gasteiger partial charge in [0.05, 0.1) is 12.6 Å². The Balaban J connectivity index is 0.00000529. The van der Waals surface area contributed by atoms with Crippen LogP contribution in [0.2, 0.25) is 0 Å². The first kappa shape index (κ1) is 24.3. The van der Waals surface area contributed by atoms with Crippen LogP contribution in [0.3, 0.4) is 0 Å². The molecule has 4 nitrogen and oxygen atoms in total. The van der Waals surface area contributed by atoms with Gasteiger partial charge in [0.2, 0.25) is 0 Å². The molecule has 0 radical (unpaired) electrons. The second-order valence-corrected chi connectivity index (χ2v) is 9.61. The highest BCUT2D eigenvalue weighted by atomic mass is 127. The number of guanidine groups is 1. The first-order valence-corrected chi connectivity index (χ1v) is 10.1. The molecule has 1 rings (SSSR count). The highest BCUT2D eigenvalue weighted by Crippen LogP contribution is 2.33. The number of rotatable bonds is 6. The summed E-state index contributed by atoms with van der Waals surface area (Å²) in [6.45, 7) is 16.9. The number of nitrogens with zero attached hydrogens (tertiary/aromatic N) is 1. The van der Waals surface area contributed by atoms with E-state index >= 15 is 0 Å². The average Bonchev–Trinajstić information content (AvgIpc) is 2.49. The Hall–Kier alpha value is 0.310. The average molecular weight is 471 g/mol. The summed E-state index contributed by atoms with van der Waals surface area (Å²) < 4.78 is 6.25. The van der Waals surface area contributed by atoms with Crippen molar-refractivity contribution in [2.45, 2.75) is 65.2 Å². The third-order valence-electron chi connectivity index (χ3n) is 4.34. The van der Waals surface area contributed by atoms with Gasteiger partial charge in [-0.3, -0.25) is 4.99 Å². The number of halogens is 1. The lowest BCUT2D eigenvalue weighted by atomic mass is 9.78. The summed E-state index contributed by atoms with van der Waals surface area (Å²) >= 11 is 1.85. The third kappa shape index (κ3) is 8.61. The quantitative estimate of drug-likeness (QED) is 0.347. The van der Waals surface area contributed by atoms with Gasteiger partial charge in [-0.2, -0.15) is 11.8 Å². The zero-order valence-electron chi connectivity index (χ0n) is 16.6. The SMILES string of the molecule is CCNC(=NCC(C)(C)SC)NCC1CCCOC1C(C)(C)C.I. The summed E-state index contributed by atoms with van der Waals surface area (Å²) in [6.07, 6.45) is 4.84. The van der Waals surface area contributed by atoms with Crippen molar-refractivity contribution in [1.82, 2.24) is 10.6 Å². The van der Waals surface area contributed by atoms with Crippen LogP contribution in [-0.2, 0) is 4.74 Å². The zero-order valence-corrected chi connectivity index (χ0v) is 19.7. The zero-order chi connectivity index (χ0) is 17.5. The van der Waals surface area contributed by atoms with E-state index in [1.54, 1.807) is 0 Å². The fourth-order valence-corrected chi connectivity index (χ4v) is 3.11. The smallest absolute Gasteiger partial charge is 0.191 e. The van der Waals surface area contributed by atoms with Crippen LogP contribution < -0.4 is 10.6 Å². The molecule has 0 aromatic rings. The molecular formula is C18H38IN3OS. The second kappa shape index (κ2) is 11.1. The standard InChI is InChI=1S/C18H37N3OS.HI/c1-8-19-16(21-13-18(5,6)23-7)20-12-14-10-9-11-22-15(14)17(2,3)4;/h14-15H,8-13H2,1-7H3,(H2,19,20,21);1H. The van der Waals surface area contributed by atoms with Gasteiger partial charge in [0.15, 0.2) is 5.96 Å². The van der Waals surface area contributed by atoms with Crippen LogP contribution in [0.4, 0.5) is 0 Å². The molecule has 0 aromatic carbocycles. The van der Waals surface area contributed by atoms with Crippen LogP contribution in [0.5, 0.6) is 0 Å². The number of thioether (sulfide) groups is 1. The van der Waals surface area contributed by atoms with Crippen LogP contribution in [-0.4, -0.2) is 49.3 Å². The Morgan fingerprint density at radius 1 is 1.21 bits per heavy atom. The monoisotopic (exact) mass is 471 g/mol. The van der Waals surface area contributed by atoms with Crippen LogP contribution in [0.25, 0.3) is 0 Å². The van der Waals surface area contributed by atoms with E-state index in [1.165, 1.54) is 6.42 Å². The molecule has 1 fully saturated rings. The summed E-state index contributed by atoms with van der Waals surface area (Å²) in [5.74, 6) is 1.47. The predicted octanol–water partition coefficient (Wildman–Crippen LogP) is 4.14. The molecule has 2 atom stereocenters. The van der Waals surface area contributed by atoms with Crippen molar-refractivity contribution in [2.75, 3.05) is 32.5 Å². The lowest BCUT2D eigenvalue weighted by Gasteiger charge is -2.40. The van der Waals surface area contributed by atoms with Gasteiger partial charge < -0.3 is 15.4 Å². The summed E-state index contributed by atoms with van der Waals surface area (Å²) in [5.41, 5.74) is 0.184. The molecule has 0 aliphatic carbocycles. The van der Waals surface area contributed by atoms with E-state index < -0.39 is 0 Å². The van der Waals surface area contributed by atoms with Crippen LogP contribution in [0.15, 0.2) is 4.99 Å². The summed E-state index contributed by atoms with van der Waals surface area (Å²) in [5, 5.41) is 6.90. The van der Waals surface area contributed by atoms with Crippen molar-refractivity contribution in [3.63, 3.8) is 0 Å². The Morgan fingerprint density at radius 3 is 2.42 bits per heavy atom. The van der Waals surface area contributed by atoms with E-state index in [0.717, 1.165) is 38.6 Å². The van der Waals surface area contributed by atoms with Crippen LogP contribution >= 0.6 is 35.7 Å². The topological polar surface area (TPSA) is 45.7 Å². The number of nitrogens with one attached hydrogen (secondary N) is 2. The molecular weight excluding hydrogens is 433 g/mol. The normalized spacial score (nSPS) is 22.7. The molecule has 1 saturated heterocycles. The van der Waals surface area contributed by atoms with Gasteiger partial charge >= 0.3 is 0 Å². The predicted molar refractivity (Wildman–Crippen MR) is 119 cm³/mol. The largest absolute Gasteiger partial charge is 0.377 e. The van der Waals surface area contributed by atoms with Crippen LogP contribution in [0.1, 0.15) is 54.4 Å². The summed E-state index contributed by atoms with van der Waals surface area (Å²) in [7, 11) is 0. The van der Waals surface area contributed by atoms with Crippen molar-refractivity contribution >= 4 is 41.7 Å². The van der Waals surface area contributed by atoms with Gasteiger partial charge in [-0.15, -0.1) is 24.0 Å². The molecule has 0 aromatic heterocycles. The van der Waals surface area contributed by atoms with Crippen molar-refractivity contribution in [3.8, 4) is 0 Å². The van der Waals surface area contributed by atoms with Gasteiger partial charge in [-0.25, -0.2) is 0 Å². The van der Waals surface area contributed by atoms with E-state index in [2.05, 4.69) is 58.4 Å². The minimum absolute atomic E-state index is 0. The van der Waals surface area contributed by atoms with E-state index in [4.69, 9.17) is 9.73 Å². The van der Waals surface area contributed by atoms with Gasteiger partial charge in [0.25, 0.3) is 0 Å². The Bertz CT molecular complexity index is 383. The molecule has 6 heteroatoms. The molecule has 1 aliphatic rings. The van der Waals surface area contributed by atoms with E-state index in [-0.39, 0.29) is 34.1 Å². The lowest BCUT2D eigenvalue weighted by Crippen LogP contribution is -2.47.